The van der Waals surface area contributed by atoms with Crippen molar-refractivity contribution in [3.05, 3.63) is 28.2 Å². The summed E-state index contributed by atoms with van der Waals surface area (Å²) in [6.45, 7) is 1.75. The first-order chi connectivity index (χ1) is 6.84. The lowest BCUT2D eigenvalue weighted by atomic mass is 9.93. The Morgan fingerprint density at radius 1 is 1.43 bits per heavy atom. The minimum atomic E-state index is 0.552. The number of halogens is 1. The van der Waals surface area contributed by atoms with Gasteiger partial charge in [-0.3, -0.25) is 0 Å². The summed E-state index contributed by atoms with van der Waals surface area (Å²) in [7, 11) is 0. The number of hydrogen-bond acceptors (Lipinski definition) is 2. The molecule has 0 amide bonds. The molecule has 14 heavy (non-hydrogen) atoms. The van der Waals surface area contributed by atoms with E-state index in [4.69, 9.17) is 4.74 Å². The van der Waals surface area contributed by atoms with Gasteiger partial charge in [0.2, 0.25) is 0 Å². The van der Waals surface area contributed by atoms with Gasteiger partial charge in [-0.1, -0.05) is 15.9 Å². The molecule has 0 aliphatic carbocycles. The Labute approximate surface area is 91.8 Å². The molecule has 2 atom stereocenters. The molecule has 0 spiro atoms. The molecule has 1 aromatic rings. The number of hydrogen-bond donors (Lipinski definition) is 1. The summed E-state index contributed by atoms with van der Waals surface area (Å²) in [5.41, 5.74) is 2.69. The van der Waals surface area contributed by atoms with E-state index >= 15 is 0 Å². The molecule has 2 aliphatic rings. The number of anilines is 1. The van der Waals surface area contributed by atoms with Crippen molar-refractivity contribution in [3.63, 3.8) is 0 Å². The van der Waals surface area contributed by atoms with Gasteiger partial charge in [0.05, 0.1) is 6.61 Å². The fraction of sp³-hybridized carbons (Fsp3) is 0.455. The molecule has 3 rings (SSSR count). The Hall–Kier alpha value is -0.540. The van der Waals surface area contributed by atoms with Crippen LogP contribution in [0.1, 0.15) is 17.9 Å². The monoisotopic (exact) mass is 253 g/mol. The third-order valence-corrected chi connectivity index (χ3v) is 3.60. The lowest BCUT2D eigenvalue weighted by Crippen LogP contribution is -2.30. The Morgan fingerprint density at radius 3 is 3.29 bits per heavy atom. The van der Waals surface area contributed by atoms with E-state index in [0.717, 1.165) is 24.1 Å². The van der Waals surface area contributed by atoms with E-state index < -0.39 is 0 Å². The maximum absolute atomic E-state index is 5.52. The first-order valence-corrected chi connectivity index (χ1v) is 5.77. The van der Waals surface area contributed by atoms with Gasteiger partial charge in [-0.2, -0.15) is 0 Å². The molecule has 1 fully saturated rings. The third-order valence-electron chi connectivity index (χ3n) is 3.11. The molecule has 0 saturated carbocycles. The van der Waals surface area contributed by atoms with Crippen molar-refractivity contribution in [1.29, 1.82) is 0 Å². The van der Waals surface area contributed by atoms with Crippen molar-refractivity contribution >= 4 is 21.6 Å². The van der Waals surface area contributed by atoms with E-state index in [2.05, 4.69) is 39.4 Å². The molecule has 2 aliphatic heterocycles. The van der Waals surface area contributed by atoms with Gasteiger partial charge in [-0.15, -0.1) is 0 Å². The largest absolute Gasteiger partial charge is 0.381 e. The van der Waals surface area contributed by atoms with Crippen LogP contribution in [0.2, 0.25) is 0 Å². The molecule has 3 heteroatoms. The summed E-state index contributed by atoms with van der Waals surface area (Å²) in [5.74, 6) is 0.552. The van der Waals surface area contributed by atoms with Crippen molar-refractivity contribution in [2.75, 3.05) is 18.5 Å². The standard InChI is InChI=1S/C11H12BrNO/c12-7-1-2-10-8(5-7)9-6-14-4-3-11(9)13-10/h1-2,5,9,11,13H,3-4,6H2. The highest BCUT2D eigenvalue weighted by Gasteiger charge is 2.34. The Morgan fingerprint density at radius 2 is 2.36 bits per heavy atom. The van der Waals surface area contributed by atoms with Crippen LogP contribution in [0.15, 0.2) is 22.7 Å². The summed E-state index contributed by atoms with van der Waals surface area (Å²) < 4.78 is 6.68. The van der Waals surface area contributed by atoms with Gasteiger partial charge >= 0.3 is 0 Å². The zero-order valence-corrected chi connectivity index (χ0v) is 9.38. The second-order valence-corrected chi connectivity index (χ2v) is 4.87. The van der Waals surface area contributed by atoms with Gasteiger partial charge in [0.25, 0.3) is 0 Å². The minimum absolute atomic E-state index is 0.552. The Bertz CT molecular complexity index is 366. The maximum atomic E-state index is 5.52. The van der Waals surface area contributed by atoms with Crippen LogP contribution in [0.5, 0.6) is 0 Å². The average molecular weight is 254 g/mol. The number of nitrogens with one attached hydrogen (secondary N) is 1. The fourth-order valence-corrected chi connectivity index (χ4v) is 2.77. The molecule has 2 unspecified atom stereocenters. The van der Waals surface area contributed by atoms with Crippen LogP contribution in [0, 0.1) is 0 Å². The molecular weight excluding hydrogens is 242 g/mol. The highest BCUT2D eigenvalue weighted by Crippen LogP contribution is 2.40. The number of rotatable bonds is 0. The maximum Gasteiger partial charge on any atom is 0.0555 e. The normalized spacial score (nSPS) is 29.2. The lowest BCUT2D eigenvalue weighted by Gasteiger charge is -2.25. The van der Waals surface area contributed by atoms with E-state index in [1.807, 2.05) is 0 Å². The van der Waals surface area contributed by atoms with E-state index in [1.165, 1.54) is 11.3 Å². The van der Waals surface area contributed by atoms with Crippen LogP contribution in [0.3, 0.4) is 0 Å². The summed E-state index contributed by atoms with van der Waals surface area (Å²) in [6.07, 6.45) is 1.12. The highest BCUT2D eigenvalue weighted by atomic mass is 79.9. The SMILES string of the molecule is Brc1ccc2c(c1)C1COCCC1N2. The Balaban J connectivity index is 2.02. The van der Waals surface area contributed by atoms with E-state index in [0.29, 0.717) is 12.0 Å². The van der Waals surface area contributed by atoms with Gasteiger partial charge in [0.1, 0.15) is 0 Å². The van der Waals surface area contributed by atoms with Gasteiger partial charge < -0.3 is 10.1 Å². The highest BCUT2D eigenvalue weighted by molar-refractivity contribution is 9.10. The van der Waals surface area contributed by atoms with Crippen molar-refractivity contribution in [1.82, 2.24) is 0 Å². The first-order valence-electron chi connectivity index (χ1n) is 4.98. The predicted molar refractivity (Wildman–Crippen MR) is 59.7 cm³/mol. The molecule has 1 aromatic carbocycles. The smallest absolute Gasteiger partial charge is 0.0555 e. The molecule has 0 radical (unpaired) electrons. The molecule has 2 heterocycles. The van der Waals surface area contributed by atoms with Gasteiger partial charge in [0, 0.05) is 28.7 Å². The molecule has 1 N–H and O–H groups in total. The van der Waals surface area contributed by atoms with Crippen molar-refractivity contribution in [2.24, 2.45) is 0 Å². The first kappa shape index (κ1) is 8.74. The minimum Gasteiger partial charge on any atom is -0.381 e. The summed E-state index contributed by atoms with van der Waals surface area (Å²) in [4.78, 5) is 0. The molecule has 1 saturated heterocycles. The van der Waals surface area contributed by atoms with Gasteiger partial charge in [-0.25, -0.2) is 0 Å². The van der Waals surface area contributed by atoms with Crippen molar-refractivity contribution < 1.29 is 4.74 Å². The number of benzene rings is 1. The number of ether oxygens (including phenoxy) is 1. The van der Waals surface area contributed by atoms with E-state index in [9.17, 15) is 0 Å². The van der Waals surface area contributed by atoms with Crippen LogP contribution in [-0.2, 0) is 4.74 Å². The van der Waals surface area contributed by atoms with Gasteiger partial charge in [0.15, 0.2) is 0 Å². The van der Waals surface area contributed by atoms with Crippen molar-refractivity contribution in [2.45, 2.75) is 18.4 Å². The zero-order chi connectivity index (χ0) is 9.54. The molecule has 2 nitrogen and oxygen atoms in total. The summed E-state index contributed by atoms with van der Waals surface area (Å²) in [5, 5.41) is 3.56. The average Bonchev–Trinajstić information content (AvgIpc) is 2.56. The van der Waals surface area contributed by atoms with Crippen LogP contribution in [-0.4, -0.2) is 19.3 Å². The topological polar surface area (TPSA) is 21.3 Å². The molecule has 0 aromatic heterocycles. The predicted octanol–water partition coefficient (Wildman–Crippen LogP) is 2.75. The molecule has 0 bridgehead atoms. The second-order valence-electron chi connectivity index (χ2n) is 3.95. The quantitative estimate of drug-likeness (QED) is 0.768. The van der Waals surface area contributed by atoms with Crippen LogP contribution < -0.4 is 5.32 Å². The Kier molecular flexibility index (Phi) is 2.03. The molecular formula is C11H12BrNO. The van der Waals surface area contributed by atoms with Crippen molar-refractivity contribution in [3.8, 4) is 0 Å². The summed E-state index contributed by atoms with van der Waals surface area (Å²) >= 11 is 3.51. The second kappa shape index (κ2) is 3.24. The zero-order valence-electron chi connectivity index (χ0n) is 7.79. The lowest BCUT2D eigenvalue weighted by molar-refractivity contribution is 0.0768. The number of fused-ring (bicyclic) bond motifs is 3. The molecule has 74 valence electrons. The van der Waals surface area contributed by atoms with Crippen LogP contribution in [0.25, 0.3) is 0 Å². The van der Waals surface area contributed by atoms with Crippen LogP contribution >= 0.6 is 15.9 Å². The van der Waals surface area contributed by atoms with Crippen LogP contribution in [0.4, 0.5) is 5.69 Å². The van der Waals surface area contributed by atoms with Gasteiger partial charge in [-0.05, 0) is 30.2 Å². The van der Waals surface area contributed by atoms with E-state index in [1.54, 1.807) is 0 Å². The fourth-order valence-electron chi connectivity index (χ4n) is 2.39. The summed E-state index contributed by atoms with van der Waals surface area (Å²) in [6, 6.07) is 7.04. The third kappa shape index (κ3) is 1.27. The van der Waals surface area contributed by atoms with E-state index in [-0.39, 0.29) is 0 Å².